The first-order valence-electron chi connectivity index (χ1n) is 5.58. The van der Waals surface area contributed by atoms with Crippen LogP contribution in [0.2, 0.25) is 0 Å². The average Bonchev–Trinajstić information content (AvgIpc) is 2.35. The van der Waals surface area contributed by atoms with Gasteiger partial charge < -0.3 is 9.47 Å². The minimum atomic E-state index is -0.392. The fourth-order valence-electron chi connectivity index (χ4n) is 1.24. The van der Waals surface area contributed by atoms with Crippen molar-refractivity contribution < 1.29 is 19.1 Å². The number of rotatable bonds is 5. The van der Waals surface area contributed by atoms with Gasteiger partial charge in [-0.05, 0) is 38.1 Å². The van der Waals surface area contributed by atoms with E-state index in [1.54, 1.807) is 38.1 Å². The molecule has 0 amide bonds. The van der Waals surface area contributed by atoms with Crippen molar-refractivity contribution in [2.24, 2.45) is 0 Å². The van der Waals surface area contributed by atoms with Crippen LogP contribution in [-0.2, 0) is 9.47 Å². The quantitative estimate of drug-likeness (QED) is 0.459. The van der Waals surface area contributed by atoms with Crippen molar-refractivity contribution >= 4 is 34.5 Å². The molecular formula is C13H15IO4. The molecule has 0 bridgehead atoms. The van der Waals surface area contributed by atoms with Crippen LogP contribution in [0.15, 0.2) is 24.3 Å². The standard InChI is InChI=1S/C13H15IO4/c1-9(2)18-13(16)11-5-3-10(4-6-11)12(15)17-8-7-14/h3-6,9H,7-8H2,1-2H3. The Kier molecular flexibility index (Phi) is 6.11. The van der Waals surface area contributed by atoms with Gasteiger partial charge in [0.1, 0.15) is 6.61 Å². The van der Waals surface area contributed by atoms with Crippen LogP contribution in [0.5, 0.6) is 0 Å². The van der Waals surface area contributed by atoms with Crippen LogP contribution in [0.25, 0.3) is 0 Å². The smallest absolute Gasteiger partial charge is 0.338 e. The van der Waals surface area contributed by atoms with E-state index in [2.05, 4.69) is 22.6 Å². The van der Waals surface area contributed by atoms with Gasteiger partial charge in [0.15, 0.2) is 0 Å². The summed E-state index contributed by atoms with van der Waals surface area (Å²) >= 11 is 2.13. The molecule has 0 aliphatic rings. The molecule has 0 radical (unpaired) electrons. The van der Waals surface area contributed by atoms with Gasteiger partial charge in [0, 0.05) is 4.43 Å². The molecule has 98 valence electrons. The van der Waals surface area contributed by atoms with Gasteiger partial charge in [-0.25, -0.2) is 9.59 Å². The summed E-state index contributed by atoms with van der Waals surface area (Å²) in [4.78, 5) is 23.1. The largest absolute Gasteiger partial charge is 0.461 e. The van der Waals surface area contributed by atoms with E-state index in [9.17, 15) is 9.59 Å². The molecule has 0 atom stereocenters. The van der Waals surface area contributed by atoms with E-state index in [0.29, 0.717) is 17.7 Å². The number of esters is 2. The first-order valence-corrected chi connectivity index (χ1v) is 7.11. The Morgan fingerprint density at radius 1 is 1.11 bits per heavy atom. The van der Waals surface area contributed by atoms with E-state index in [4.69, 9.17) is 9.47 Å². The Morgan fingerprint density at radius 3 is 2.06 bits per heavy atom. The predicted molar refractivity (Wildman–Crippen MR) is 76.2 cm³/mol. The predicted octanol–water partition coefficient (Wildman–Crippen LogP) is 2.84. The maximum atomic E-state index is 11.6. The van der Waals surface area contributed by atoms with E-state index < -0.39 is 5.97 Å². The summed E-state index contributed by atoms with van der Waals surface area (Å²) in [6.07, 6.45) is -0.161. The molecule has 0 saturated heterocycles. The first-order chi connectivity index (χ1) is 8.54. The molecule has 0 saturated carbocycles. The van der Waals surface area contributed by atoms with Crippen LogP contribution in [0, 0.1) is 0 Å². The normalized spacial score (nSPS) is 10.2. The zero-order valence-corrected chi connectivity index (χ0v) is 12.5. The highest BCUT2D eigenvalue weighted by molar-refractivity contribution is 14.1. The third kappa shape index (κ3) is 4.64. The van der Waals surface area contributed by atoms with Crippen LogP contribution >= 0.6 is 22.6 Å². The Balaban J connectivity index is 2.67. The summed E-state index contributed by atoms with van der Waals surface area (Å²) in [6, 6.07) is 6.25. The minimum absolute atomic E-state index is 0.161. The lowest BCUT2D eigenvalue weighted by Gasteiger charge is -2.08. The zero-order chi connectivity index (χ0) is 13.5. The van der Waals surface area contributed by atoms with Crippen molar-refractivity contribution in [2.45, 2.75) is 20.0 Å². The number of benzene rings is 1. The van der Waals surface area contributed by atoms with Crippen LogP contribution in [0.4, 0.5) is 0 Å². The van der Waals surface area contributed by atoms with Gasteiger partial charge in [-0.3, -0.25) is 0 Å². The maximum absolute atomic E-state index is 11.6. The third-order valence-electron chi connectivity index (χ3n) is 2.01. The van der Waals surface area contributed by atoms with E-state index in [1.165, 1.54) is 0 Å². The number of halogens is 1. The molecule has 0 fully saturated rings. The second kappa shape index (κ2) is 7.35. The van der Waals surface area contributed by atoms with Crippen LogP contribution < -0.4 is 0 Å². The number of alkyl halides is 1. The van der Waals surface area contributed by atoms with Crippen molar-refractivity contribution in [3.63, 3.8) is 0 Å². The summed E-state index contributed by atoms with van der Waals surface area (Å²) in [5.41, 5.74) is 0.857. The lowest BCUT2D eigenvalue weighted by atomic mass is 10.1. The molecule has 0 heterocycles. The number of hydrogen-bond acceptors (Lipinski definition) is 4. The topological polar surface area (TPSA) is 52.6 Å². The molecule has 1 aromatic carbocycles. The number of ether oxygens (including phenoxy) is 2. The van der Waals surface area contributed by atoms with Gasteiger partial charge in [0.05, 0.1) is 17.2 Å². The van der Waals surface area contributed by atoms with Crippen molar-refractivity contribution in [3.05, 3.63) is 35.4 Å². The monoisotopic (exact) mass is 362 g/mol. The summed E-state index contributed by atoms with van der Waals surface area (Å²) < 4.78 is 10.8. The van der Waals surface area contributed by atoms with Crippen molar-refractivity contribution in [2.75, 3.05) is 11.0 Å². The summed E-state index contributed by atoms with van der Waals surface area (Å²) in [7, 11) is 0. The minimum Gasteiger partial charge on any atom is -0.461 e. The lowest BCUT2D eigenvalue weighted by molar-refractivity contribution is 0.0376. The Hall–Kier alpha value is -1.11. The SMILES string of the molecule is CC(C)OC(=O)c1ccc(C(=O)OCCI)cc1. The molecule has 0 N–H and O–H groups in total. The van der Waals surface area contributed by atoms with Crippen LogP contribution in [-0.4, -0.2) is 29.1 Å². The lowest BCUT2D eigenvalue weighted by Crippen LogP contribution is -2.12. The molecule has 0 unspecified atom stereocenters. The fourth-order valence-corrected chi connectivity index (χ4v) is 1.46. The van der Waals surface area contributed by atoms with E-state index >= 15 is 0 Å². The zero-order valence-electron chi connectivity index (χ0n) is 10.3. The van der Waals surface area contributed by atoms with Crippen LogP contribution in [0.3, 0.4) is 0 Å². The first kappa shape index (κ1) is 14.9. The molecule has 5 heteroatoms. The van der Waals surface area contributed by atoms with E-state index in [0.717, 1.165) is 4.43 Å². The number of hydrogen-bond donors (Lipinski definition) is 0. The Labute approximate surface area is 120 Å². The maximum Gasteiger partial charge on any atom is 0.338 e. The molecular weight excluding hydrogens is 347 g/mol. The second-order valence-corrected chi connectivity index (χ2v) is 4.94. The third-order valence-corrected chi connectivity index (χ3v) is 2.45. The summed E-state index contributed by atoms with van der Waals surface area (Å²) in [5, 5.41) is 0. The van der Waals surface area contributed by atoms with Gasteiger partial charge in [0.25, 0.3) is 0 Å². The van der Waals surface area contributed by atoms with Crippen molar-refractivity contribution in [1.82, 2.24) is 0 Å². The molecule has 18 heavy (non-hydrogen) atoms. The molecule has 1 rings (SSSR count). The molecule has 0 aliphatic carbocycles. The highest BCUT2D eigenvalue weighted by Gasteiger charge is 2.11. The van der Waals surface area contributed by atoms with Gasteiger partial charge in [-0.1, -0.05) is 22.6 Å². The molecule has 0 aliphatic heterocycles. The second-order valence-electron chi connectivity index (χ2n) is 3.86. The average molecular weight is 362 g/mol. The molecule has 1 aromatic rings. The van der Waals surface area contributed by atoms with Gasteiger partial charge in [0.2, 0.25) is 0 Å². The van der Waals surface area contributed by atoms with E-state index in [-0.39, 0.29) is 12.1 Å². The van der Waals surface area contributed by atoms with Crippen molar-refractivity contribution in [1.29, 1.82) is 0 Å². The van der Waals surface area contributed by atoms with Gasteiger partial charge >= 0.3 is 11.9 Å². The Bertz CT molecular complexity index is 412. The van der Waals surface area contributed by atoms with E-state index in [1.807, 2.05) is 0 Å². The van der Waals surface area contributed by atoms with Gasteiger partial charge in [-0.2, -0.15) is 0 Å². The van der Waals surface area contributed by atoms with Gasteiger partial charge in [-0.15, -0.1) is 0 Å². The summed E-state index contributed by atoms with van der Waals surface area (Å²) in [6.45, 7) is 3.96. The van der Waals surface area contributed by atoms with Crippen LogP contribution in [0.1, 0.15) is 34.6 Å². The Morgan fingerprint density at radius 2 is 1.61 bits per heavy atom. The molecule has 0 aromatic heterocycles. The highest BCUT2D eigenvalue weighted by Crippen LogP contribution is 2.08. The van der Waals surface area contributed by atoms with Crippen molar-refractivity contribution in [3.8, 4) is 0 Å². The molecule has 4 nitrogen and oxygen atoms in total. The number of carbonyl (C=O) groups is 2. The fraction of sp³-hybridized carbons (Fsp3) is 0.385. The summed E-state index contributed by atoms with van der Waals surface area (Å²) in [5.74, 6) is -0.771. The molecule has 0 spiro atoms. The number of carbonyl (C=O) groups excluding carboxylic acids is 2. The highest BCUT2D eigenvalue weighted by atomic mass is 127.